The average molecular weight is 369 g/mol. The monoisotopic (exact) mass is 368 g/mol. The van der Waals surface area contributed by atoms with Gasteiger partial charge in [0.1, 0.15) is 27.8 Å². The molecule has 140 valence electrons. The molecule has 0 spiro atoms. The number of para-hydroxylation sites is 4. The van der Waals surface area contributed by atoms with Crippen molar-refractivity contribution in [3.8, 4) is 5.69 Å². The minimum Gasteiger partial charge on any atom is -0.230 e. The molecule has 0 saturated heterocycles. The molecule has 3 nitrogen and oxygen atoms in total. The number of rotatable bonds is 1. The van der Waals surface area contributed by atoms with Crippen LogP contribution in [0.15, 0.2) is 66.7 Å². The molecular weight excluding hydrogens is 342 g/mol. The van der Waals surface area contributed by atoms with Gasteiger partial charge in [-0.3, -0.25) is 0 Å². The maximum Gasteiger partial charge on any atom is 0.375 e. The highest BCUT2D eigenvalue weighted by molar-refractivity contribution is 5.89. The molecule has 0 saturated carbocycles. The molecule has 0 aliphatic rings. The van der Waals surface area contributed by atoms with Gasteiger partial charge in [-0.05, 0) is 53.8 Å². The number of aryl methyl sites for hydroxylation is 1. The normalized spacial score (nSPS) is 12.5. The summed E-state index contributed by atoms with van der Waals surface area (Å²) >= 11 is 0. The Morgan fingerprint density at radius 3 is 2.11 bits per heavy atom. The molecule has 0 unspecified atom stereocenters. The predicted octanol–water partition coefficient (Wildman–Crippen LogP) is 5.47. The third-order valence-electron chi connectivity index (χ3n) is 5.90. The van der Waals surface area contributed by atoms with Crippen LogP contribution >= 0.6 is 0 Å². The van der Waals surface area contributed by atoms with Crippen LogP contribution in [0.25, 0.3) is 33.5 Å². The third kappa shape index (κ3) is 2.19. The molecule has 2 heterocycles. The summed E-state index contributed by atoms with van der Waals surface area (Å²) in [6, 6.07) is 24.0. The zero-order chi connectivity index (χ0) is 19.6. The van der Waals surface area contributed by atoms with Crippen molar-refractivity contribution < 1.29 is 4.57 Å². The first-order valence-electron chi connectivity index (χ1n) is 9.88. The molecule has 2 aromatic heterocycles. The Morgan fingerprint density at radius 1 is 0.750 bits per heavy atom. The molecule has 0 aliphatic heterocycles. The Hall–Kier alpha value is -3.07. The summed E-state index contributed by atoms with van der Waals surface area (Å²) in [4.78, 5) is 0. The van der Waals surface area contributed by atoms with Gasteiger partial charge in [-0.1, -0.05) is 57.2 Å². The Kier molecular flexibility index (Phi) is 3.48. The SMILES string of the molecule is Cc1c(-n2c3ccccc3n3c4ccccc4[n+](C)c23)cccc1C(C)(C)C. The lowest BCUT2D eigenvalue weighted by Gasteiger charge is -2.22. The summed E-state index contributed by atoms with van der Waals surface area (Å²) in [6.45, 7) is 9.11. The van der Waals surface area contributed by atoms with E-state index in [0.717, 1.165) is 0 Å². The van der Waals surface area contributed by atoms with Crippen molar-refractivity contribution in [3.05, 3.63) is 77.9 Å². The molecule has 0 amide bonds. The van der Waals surface area contributed by atoms with E-state index in [4.69, 9.17) is 0 Å². The van der Waals surface area contributed by atoms with Crippen molar-refractivity contribution in [2.75, 3.05) is 0 Å². The molecule has 0 radical (unpaired) electrons. The van der Waals surface area contributed by atoms with Crippen LogP contribution in [0.4, 0.5) is 0 Å². The first-order valence-corrected chi connectivity index (χ1v) is 9.88. The van der Waals surface area contributed by atoms with Gasteiger partial charge >= 0.3 is 5.78 Å². The van der Waals surface area contributed by atoms with E-state index >= 15 is 0 Å². The van der Waals surface area contributed by atoms with Gasteiger partial charge in [0.2, 0.25) is 0 Å². The Labute approximate surface area is 165 Å². The van der Waals surface area contributed by atoms with E-state index in [2.05, 4.69) is 115 Å². The largest absolute Gasteiger partial charge is 0.375 e. The first-order chi connectivity index (χ1) is 13.4. The van der Waals surface area contributed by atoms with Crippen molar-refractivity contribution in [2.24, 2.45) is 7.05 Å². The molecular formula is C25H26N3+. The molecule has 3 aromatic carbocycles. The smallest absolute Gasteiger partial charge is 0.230 e. The van der Waals surface area contributed by atoms with Gasteiger partial charge in [0, 0.05) is 0 Å². The summed E-state index contributed by atoms with van der Waals surface area (Å²) in [5, 5.41) is 0. The van der Waals surface area contributed by atoms with Gasteiger partial charge in [-0.2, -0.15) is 8.97 Å². The highest BCUT2D eigenvalue weighted by atomic mass is 15.3. The minimum atomic E-state index is 0.105. The second-order valence-corrected chi connectivity index (χ2v) is 8.71. The number of imidazole rings is 2. The lowest BCUT2D eigenvalue weighted by atomic mass is 9.83. The van der Waals surface area contributed by atoms with Gasteiger partial charge in [-0.15, -0.1) is 0 Å². The maximum atomic E-state index is 2.42. The van der Waals surface area contributed by atoms with Crippen LogP contribution in [0.2, 0.25) is 0 Å². The summed E-state index contributed by atoms with van der Waals surface area (Å²) in [5.41, 5.74) is 9.01. The average Bonchev–Trinajstić information content (AvgIpc) is 3.15. The van der Waals surface area contributed by atoms with Gasteiger partial charge in [0.25, 0.3) is 0 Å². The Bertz CT molecular complexity index is 1360. The Morgan fingerprint density at radius 2 is 1.39 bits per heavy atom. The van der Waals surface area contributed by atoms with Crippen LogP contribution in [0.3, 0.4) is 0 Å². The number of fused-ring (bicyclic) bond motifs is 5. The molecule has 28 heavy (non-hydrogen) atoms. The van der Waals surface area contributed by atoms with E-state index in [1.807, 2.05) is 0 Å². The van der Waals surface area contributed by atoms with E-state index in [0.29, 0.717) is 0 Å². The van der Waals surface area contributed by atoms with Crippen molar-refractivity contribution in [1.29, 1.82) is 0 Å². The summed E-state index contributed by atoms with van der Waals surface area (Å²) in [7, 11) is 2.16. The summed E-state index contributed by atoms with van der Waals surface area (Å²) in [5.74, 6) is 1.18. The van der Waals surface area contributed by atoms with E-state index in [-0.39, 0.29) is 5.41 Å². The van der Waals surface area contributed by atoms with Crippen molar-refractivity contribution >= 4 is 27.8 Å². The molecule has 0 fully saturated rings. The van der Waals surface area contributed by atoms with Crippen LogP contribution in [0.5, 0.6) is 0 Å². The number of hydrogen-bond acceptors (Lipinski definition) is 0. The Balaban J connectivity index is 2.01. The summed E-state index contributed by atoms with van der Waals surface area (Å²) in [6.07, 6.45) is 0. The van der Waals surface area contributed by atoms with Gasteiger partial charge in [0.05, 0.1) is 7.05 Å². The molecule has 5 rings (SSSR count). The van der Waals surface area contributed by atoms with Crippen molar-refractivity contribution in [1.82, 2.24) is 8.97 Å². The van der Waals surface area contributed by atoms with E-state index in [9.17, 15) is 0 Å². The molecule has 0 N–H and O–H groups in total. The van der Waals surface area contributed by atoms with Gasteiger partial charge in [0.15, 0.2) is 0 Å². The number of benzene rings is 3. The standard InChI is InChI=1S/C25H26N3/c1-17-18(25(2,3)4)11-10-16-19(17)27-22-14-8-9-15-23(22)28-21-13-7-6-12-20(21)26(5)24(27)28/h6-16H,1-5H3/q+1. The lowest BCUT2D eigenvalue weighted by molar-refractivity contribution is -0.620. The fourth-order valence-electron chi connectivity index (χ4n) is 4.66. The third-order valence-corrected chi connectivity index (χ3v) is 5.90. The predicted molar refractivity (Wildman–Crippen MR) is 116 cm³/mol. The van der Waals surface area contributed by atoms with Crippen molar-refractivity contribution in [2.45, 2.75) is 33.1 Å². The van der Waals surface area contributed by atoms with Crippen LogP contribution in [-0.2, 0) is 12.5 Å². The highest BCUT2D eigenvalue weighted by Crippen LogP contribution is 2.33. The zero-order valence-electron chi connectivity index (χ0n) is 17.2. The maximum absolute atomic E-state index is 2.42. The van der Waals surface area contributed by atoms with Crippen molar-refractivity contribution in [3.63, 3.8) is 0 Å². The fourth-order valence-corrected chi connectivity index (χ4v) is 4.66. The molecule has 3 heteroatoms. The minimum absolute atomic E-state index is 0.105. The van der Waals surface area contributed by atoms with E-state index in [1.54, 1.807) is 0 Å². The van der Waals surface area contributed by atoms with Gasteiger partial charge in [-0.25, -0.2) is 4.57 Å². The number of hydrogen-bond donors (Lipinski definition) is 0. The highest BCUT2D eigenvalue weighted by Gasteiger charge is 2.28. The number of nitrogens with zero attached hydrogens (tertiary/aromatic N) is 3. The summed E-state index contributed by atoms with van der Waals surface area (Å²) < 4.78 is 7.10. The van der Waals surface area contributed by atoms with Crippen LogP contribution in [0.1, 0.15) is 31.9 Å². The second-order valence-electron chi connectivity index (χ2n) is 8.71. The topological polar surface area (TPSA) is 13.2 Å². The quantitative estimate of drug-likeness (QED) is 0.348. The first kappa shape index (κ1) is 17.1. The molecule has 0 aliphatic carbocycles. The van der Waals surface area contributed by atoms with Crippen LogP contribution < -0.4 is 4.57 Å². The molecule has 0 atom stereocenters. The van der Waals surface area contributed by atoms with Gasteiger partial charge < -0.3 is 0 Å². The molecule has 5 aromatic rings. The van der Waals surface area contributed by atoms with E-state index < -0.39 is 0 Å². The van der Waals surface area contributed by atoms with Crippen LogP contribution in [-0.4, -0.2) is 8.97 Å². The molecule has 0 bridgehead atoms. The van der Waals surface area contributed by atoms with Crippen LogP contribution in [0, 0.1) is 6.92 Å². The number of aromatic nitrogens is 3. The second kappa shape index (κ2) is 5.71. The lowest BCUT2D eigenvalue weighted by Crippen LogP contribution is -2.29. The zero-order valence-corrected chi connectivity index (χ0v) is 17.2. The van der Waals surface area contributed by atoms with E-state index in [1.165, 1.54) is 44.7 Å². The fraction of sp³-hybridized carbons (Fsp3) is 0.240.